The summed E-state index contributed by atoms with van der Waals surface area (Å²) in [5.74, 6) is 0. The third-order valence-corrected chi connectivity index (χ3v) is 2.96. The summed E-state index contributed by atoms with van der Waals surface area (Å²) in [6.45, 7) is 9.10. The van der Waals surface area contributed by atoms with Gasteiger partial charge in [-0.1, -0.05) is 6.92 Å². The van der Waals surface area contributed by atoms with Crippen LogP contribution >= 0.6 is 0 Å². The first-order valence-electron chi connectivity index (χ1n) is 6.22. The van der Waals surface area contributed by atoms with E-state index in [1.807, 2.05) is 9.80 Å². The van der Waals surface area contributed by atoms with Gasteiger partial charge in [0.2, 0.25) is 0 Å². The van der Waals surface area contributed by atoms with E-state index in [1.54, 1.807) is 0 Å². The van der Waals surface area contributed by atoms with Gasteiger partial charge in [-0.15, -0.1) is 0 Å². The zero-order valence-corrected chi connectivity index (χ0v) is 10.3. The number of carbonyl (C=O) groups is 1. The molecule has 1 heterocycles. The molecule has 1 saturated heterocycles. The molecule has 0 unspecified atom stereocenters. The quantitative estimate of drug-likeness (QED) is 0.705. The topological polar surface area (TPSA) is 23.6 Å². The second kappa shape index (κ2) is 5.99. The molecule has 0 spiro atoms. The van der Waals surface area contributed by atoms with Gasteiger partial charge in [0.25, 0.3) is 0 Å². The number of carbonyl (C=O) groups excluding carboxylic acids is 1. The van der Waals surface area contributed by atoms with Crippen LogP contribution in [-0.2, 0) is 0 Å². The first-order valence-corrected chi connectivity index (χ1v) is 6.22. The van der Waals surface area contributed by atoms with E-state index in [1.165, 1.54) is 19.3 Å². The van der Waals surface area contributed by atoms with Gasteiger partial charge in [-0.05, 0) is 39.5 Å². The van der Waals surface area contributed by atoms with Crippen LogP contribution in [0.15, 0.2) is 0 Å². The lowest BCUT2D eigenvalue weighted by molar-refractivity contribution is 0.131. The van der Waals surface area contributed by atoms with E-state index in [2.05, 4.69) is 20.8 Å². The standard InChI is InChI=1S/C12H24N2O/c1-4-8-14(11(2)3)12(15)13-9-6-5-7-10-13/h11H,4-10H2,1-3H3. The van der Waals surface area contributed by atoms with Crippen LogP contribution in [0.1, 0.15) is 46.5 Å². The fourth-order valence-corrected chi connectivity index (χ4v) is 2.08. The molecule has 0 N–H and O–H groups in total. The number of hydrogen-bond donors (Lipinski definition) is 0. The maximum atomic E-state index is 12.2. The Morgan fingerprint density at radius 1 is 1.27 bits per heavy atom. The predicted molar refractivity (Wildman–Crippen MR) is 63.0 cm³/mol. The summed E-state index contributed by atoms with van der Waals surface area (Å²) in [6, 6.07) is 0.561. The summed E-state index contributed by atoms with van der Waals surface area (Å²) in [5.41, 5.74) is 0. The van der Waals surface area contributed by atoms with Crippen molar-refractivity contribution in [1.29, 1.82) is 0 Å². The Morgan fingerprint density at radius 2 is 1.87 bits per heavy atom. The van der Waals surface area contributed by atoms with Gasteiger partial charge >= 0.3 is 6.03 Å². The molecule has 0 atom stereocenters. The highest BCUT2D eigenvalue weighted by Crippen LogP contribution is 2.13. The Morgan fingerprint density at radius 3 is 2.33 bits per heavy atom. The first-order chi connectivity index (χ1) is 7.16. The minimum Gasteiger partial charge on any atom is -0.325 e. The van der Waals surface area contributed by atoms with Crippen LogP contribution in [0.5, 0.6) is 0 Å². The Hall–Kier alpha value is -0.730. The van der Waals surface area contributed by atoms with Gasteiger partial charge in [-0.3, -0.25) is 0 Å². The number of rotatable bonds is 3. The summed E-state index contributed by atoms with van der Waals surface area (Å²) in [4.78, 5) is 16.2. The summed E-state index contributed by atoms with van der Waals surface area (Å²) >= 11 is 0. The Bertz CT molecular complexity index is 198. The summed E-state index contributed by atoms with van der Waals surface area (Å²) in [5, 5.41) is 0. The van der Waals surface area contributed by atoms with Gasteiger partial charge in [-0.25, -0.2) is 4.79 Å². The van der Waals surface area contributed by atoms with Crippen LogP contribution in [0.3, 0.4) is 0 Å². The lowest BCUT2D eigenvalue weighted by Crippen LogP contribution is -2.48. The van der Waals surface area contributed by atoms with Crippen molar-refractivity contribution in [2.75, 3.05) is 19.6 Å². The average Bonchev–Trinajstić information content (AvgIpc) is 2.26. The van der Waals surface area contributed by atoms with Gasteiger partial charge in [0.05, 0.1) is 0 Å². The van der Waals surface area contributed by atoms with Crippen LogP contribution in [0.25, 0.3) is 0 Å². The molecule has 15 heavy (non-hydrogen) atoms. The van der Waals surface area contributed by atoms with E-state index in [0.717, 1.165) is 26.1 Å². The largest absolute Gasteiger partial charge is 0.325 e. The maximum Gasteiger partial charge on any atom is 0.320 e. The van der Waals surface area contributed by atoms with Gasteiger partial charge in [0, 0.05) is 25.7 Å². The predicted octanol–water partition coefficient (Wildman–Crippen LogP) is 2.71. The van der Waals surface area contributed by atoms with Crippen LogP contribution < -0.4 is 0 Å². The molecule has 3 heteroatoms. The minimum atomic E-state index is 0.242. The minimum absolute atomic E-state index is 0.242. The molecule has 3 nitrogen and oxygen atoms in total. The maximum absolute atomic E-state index is 12.2. The average molecular weight is 212 g/mol. The Balaban J connectivity index is 2.53. The number of amides is 2. The molecule has 2 amide bonds. The van der Waals surface area contributed by atoms with Crippen molar-refractivity contribution in [3.63, 3.8) is 0 Å². The molecular weight excluding hydrogens is 188 g/mol. The van der Waals surface area contributed by atoms with E-state index in [-0.39, 0.29) is 6.03 Å². The number of urea groups is 1. The molecule has 1 aliphatic heterocycles. The highest BCUT2D eigenvalue weighted by molar-refractivity contribution is 5.74. The molecule has 0 aromatic rings. The fourth-order valence-electron chi connectivity index (χ4n) is 2.08. The molecule has 0 radical (unpaired) electrons. The van der Waals surface area contributed by atoms with Crippen molar-refractivity contribution in [3.05, 3.63) is 0 Å². The monoisotopic (exact) mass is 212 g/mol. The van der Waals surface area contributed by atoms with Crippen molar-refractivity contribution >= 4 is 6.03 Å². The lowest BCUT2D eigenvalue weighted by atomic mass is 10.1. The highest BCUT2D eigenvalue weighted by atomic mass is 16.2. The molecule has 1 aliphatic rings. The normalized spacial score (nSPS) is 16.9. The second-order valence-corrected chi connectivity index (χ2v) is 4.62. The van der Waals surface area contributed by atoms with Crippen LogP contribution in [-0.4, -0.2) is 41.5 Å². The third kappa shape index (κ3) is 3.40. The molecule has 88 valence electrons. The van der Waals surface area contributed by atoms with Crippen LogP contribution in [0, 0.1) is 0 Å². The summed E-state index contributed by atoms with van der Waals surface area (Å²) in [6.07, 6.45) is 4.66. The Kier molecular flexibility index (Phi) is 4.92. The number of nitrogens with zero attached hydrogens (tertiary/aromatic N) is 2. The molecular formula is C12H24N2O. The second-order valence-electron chi connectivity index (χ2n) is 4.62. The van der Waals surface area contributed by atoms with Gasteiger partial charge in [-0.2, -0.15) is 0 Å². The smallest absolute Gasteiger partial charge is 0.320 e. The molecule has 0 saturated carbocycles. The van der Waals surface area contributed by atoms with Crippen molar-refractivity contribution in [2.45, 2.75) is 52.5 Å². The van der Waals surface area contributed by atoms with Crippen molar-refractivity contribution in [2.24, 2.45) is 0 Å². The summed E-state index contributed by atoms with van der Waals surface area (Å²) in [7, 11) is 0. The van der Waals surface area contributed by atoms with E-state index in [4.69, 9.17) is 0 Å². The highest BCUT2D eigenvalue weighted by Gasteiger charge is 2.23. The fraction of sp³-hybridized carbons (Fsp3) is 0.917. The zero-order valence-electron chi connectivity index (χ0n) is 10.3. The van der Waals surface area contributed by atoms with E-state index >= 15 is 0 Å². The van der Waals surface area contributed by atoms with Crippen LogP contribution in [0.4, 0.5) is 4.79 Å². The zero-order chi connectivity index (χ0) is 11.3. The molecule has 1 fully saturated rings. The number of likely N-dealkylation sites (tertiary alicyclic amines) is 1. The van der Waals surface area contributed by atoms with Gasteiger partial charge in [0.15, 0.2) is 0 Å². The first kappa shape index (κ1) is 12.3. The van der Waals surface area contributed by atoms with E-state index in [9.17, 15) is 4.79 Å². The Labute approximate surface area is 93.4 Å². The van der Waals surface area contributed by atoms with Gasteiger partial charge < -0.3 is 9.80 Å². The van der Waals surface area contributed by atoms with E-state index < -0.39 is 0 Å². The molecule has 1 rings (SSSR count). The third-order valence-electron chi connectivity index (χ3n) is 2.96. The molecule has 0 aromatic carbocycles. The van der Waals surface area contributed by atoms with Crippen LogP contribution in [0.2, 0.25) is 0 Å². The molecule has 0 bridgehead atoms. The van der Waals surface area contributed by atoms with Crippen molar-refractivity contribution in [1.82, 2.24) is 9.80 Å². The van der Waals surface area contributed by atoms with Gasteiger partial charge in [0.1, 0.15) is 0 Å². The number of hydrogen-bond acceptors (Lipinski definition) is 1. The number of piperidine rings is 1. The molecule has 0 aromatic heterocycles. The molecule has 0 aliphatic carbocycles. The SMILES string of the molecule is CCCN(C(=O)N1CCCCC1)C(C)C. The van der Waals surface area contributed by atoms with Crippen molar-refractivity contribution in [3.8, 4) is 0 Å². The lowest BCUT2D eigenvalue weighted by Gasteiger charge is -2.35. The summed E-state index contributed by atoms with van der Waals surface area (Å²) < 4.78 is 0. The van der Waals surface area contributed by atoms with E-state index in [0.29, 0.717) is 6.04 Å². The van der Waals surface area contributed by atoms with Crippen molar-refractivity contribution < 1.29 is 4.79 Å².